The number of ether oxygens (including phenoxy) is 1. The molecule has 0 bridgehead atoms. The lowest BCUT2D eigenvalue weighted by Crippen LogP contribution is -2.13. The molecule has 0 fully saturated rings. The Hall–Kier alpha value is -1.82. The van der Waals surface area contributed by atoms with Crippen LogP contribution in [0.5, 0.6) is 11.6 Å². The number of amides is 1. The molecule has 0 saturated carbocycles. The number of aromatic nitrogens is 2. The molecule has 0 aliphatic rings. The summed E-state index contributed by atoms with van der Waals surface area (Å²) >= 11 is 3.46. The number of carbonyl (C=O) groups is 1. The number of primary amides is 1. The van der Waals surface area contributed by atoms with Gasteiger partial charge in [-0.3, -0.25) is 4.79 Å². The minimum Gasteiger partial charge on any atom is -0.438 e. The molecule has 0 saturated heterocycles. The lowest BCUT2D eigenvalue weighted by molar-refractivity contribution is 0.0997. The second-order valence-corrected chi connectivity index (χ2v) is 6.11. The number of halogens is 1. The highest BCUT2D eigenvalue weighted by atomic mass is 79.9. The third-order valence-electron chi connectivity index (χ3n) is 3.22. The monoisotopic (exact) mass is 351 g/mol. The zero-order valence-electron chi connectivity index (χ0n) is 12.5. The lowest BCUT2D eigenvalue weighted by Gasteiger charge is -2.14. The van der Waals surface area contributed by atoms with E-state index >= 15 is 0 Å². The lowest BCUT2D eigenvalue weighted by atomic mass is 10.0. The molecule has 1 aromatic heterocycles. The molecule has 5 nitrogen and oxygen atoms in total. The number of hydrogen-bond donors (Lipinski definition) is 1. The molecule has 0 aliphatic heterocycles. The molecule has 0 spiro atoms. The van der Waals surface area contributed by atoms with Crippen molar-refractivity contribution in [1.82, 2.24) is 9.78 Å². The largest absolute Gasteiger partial charge is 0.438 e. The summed E-state index contributed by atoms with van der Waals surface area (Å²) in [4.78, 5) is 11.6. The Bertz CT molecular complexity index is 692. The molecule has 2 rings (SSSR count). The van der Waals surface area contributed by atoms with Gasteiger partial charge in [-0.1, -0.05) is 29.8 Å². The molecule has 2 N–H and O–H groups in total. The van der Waals surface area contributed by atoms with Crippen LogP contribution in [0.2, 0.25) is 0 Å². The van der Waals surface area contributed by atoms with Gasteiger partial charge >= 0.3 is 0 Å². The van der Waals surface area contributed by atoms with Gasteiger partial charge in [0.25, 0.3) is 5.91 Å². The number of carbonyl (C=O) groups excluding carboxylic acids is 1. The fraction of sp³-hybridized carbons (Fsp3) is 0.333. The summed E-state index contributed by atoms with van der Waals surface area (Å²) in [7, 11) is 1.72. The minimum absolute atomic E-state index is 0.281. The van der Waals surface area contributed by atoms with E-state index in [0.717, 1.165) is 10.0 Å². The van der Waals surface area contributed by atoms with E-state index in [0.29, 0.717) is 22.9 Å². The number of hydrogen-bond acceptors (Lipinski definition) is 3. The van der Waals surface area contributed by atoms with E-state index in [-0.39, 0.29) is 5.92 Å². The zero-order chi connectivity index (χ0) is 15.7. The van der Waals surface area contributed by atoms with Crippen LogP contribution in [0.15, 0.2) is 22.7 Å². The van der Waals surface area contributed by atoms with E-state index < -0.39 is 5.91 Å². The van der Waals surface area contributed by atoms with Gasteiger partial charge in [-0.2, -0.15) is 5.10 Å². The van der Waals surface area contributed by atoms with Gasteiger partial charge in [0.2, 0.25) is 5.88 Å². The Morgan fingerprint density at radius 3 is 2.67 bits per heavy atom. The summed E-state index contributed by atoms with van der Waals surface area (Å²) in [6.45, 7) is 5.90. The first-order valence-corrected chi connectivity index (χ1v) is 7.41. The van der Waals surface area contributed by atoms with Gasteiger partial charge in [-0.15, -0.1) is 0 Å². The maximum atomic E-state index is 11.6. The van der Waals surface area contributed by atoms with E-state index in [1.165, 1.54) is 4.68 Å². The highest BCUT2D eigenvalue weighted by Crippen LogP contribution is 2.34. The molecule has 0 radical (unpaired) electrons. The average molecular weight is 352 g/mol. The van der Waals surface area contributed by atoms with E-state index in [9.17, 15) is 4.79 Å². The molecular weight excluding hydrogens is 334 g/mol. The van der Waals surface area contributed by atoms with Crippen LogP contribution in [0.1, 0.15) is 41.4 Å². The summed E-state index contributed by atoms with van der Waals surface area (Å²) < 4.78 is 8.46. The molecule has 2 aromatic rings. The Kier molecular flexibility index (Phi) is 4.37. The summed E-state index contributed by atoms with van der Waals surface area (Å²) in [5.41, 5.74) is 7.34. The van der Waals surface area contributed by atoms with Crippen molar-refractivity contribution in [1.29, 1.82) is 0 Å². The standard InChI is InChI=1S/C15H18BrN3O2/c1-8(2)11-7-10(16)5-6-12(11)21-15-13(14(17)20)9(3)18-19(15)4/h5-8H,1-4H3,(H2,17,20). The topological polar surface area (TPSA) is 70.1 Å². The van der Waals surface area contributed by atoms with Crippen LogP contribution in [0.3, 0.4) is 0 Å². The third-order valence-corrected chi connectivity index (χ3v) is 3.71. The molecule has 6 heteroatoms. The van der Waals surface area contributed by atoms with Crippen LogP contribution in [0, 0.1) is 6.92 Å². The van der Waals surface area contributed by atoms with Gasteiger partial charge in [0.15, 0.2) is 0 Å². The predicted molar refractivity (Wildman–Crippen MR) is 84.8 cm³/mol. The maximum Gasteiger partial charge on any atom is 0.256 e. The number of nitrogens with two attached hydrogens (primary N) is 1. The van der Waals surface area contributed by atoms with Gasteiger partial charge in [0, 0.05) is 11.5 Å². The third kappa shape index (κ3) is 3.10. The van der Waals surface area contributed by atoms with Crippen molar-refractivity contribution in [3.8, 4) is 11.6 Å². The Labute approximate surface area is 132 Å². The second kappa shape index (κ2) is 5.89. The van der Waals surface area contributed by atoms with Gasteiger partial charge in [0.1, 0.15) is 11.3 Å². The van der Waals surface area contributed by atoms with Gasteiger partial charge in [-0.05, 0) is 36.6 Å². The van der Waals surface area contributed by atoms with Crippen molar-refractivity contribution in [2.45, 2.75) is 26.7 Å². The van der Waals surface area contributed by atoms with Crippen molar-refractivity contribution >= 4 is 21.8 Å². The molecule has 1 amide bonds. The summed E-state index contributed by atoms with van der Waals surface area (Å²) in [6.07, 6.45) is 0. The van der Waals surface area contributed by atoms with Crippen LogP contribution >= 0.6 is 15.9 Å². The average Bonchev–Trinajstić information content (AvgIpc) is 2.66. The molecule has 1 aromatic carbocycles. The van der Waals surface area contributed by atoms with Gasteiger partial charge < -0.3 is 10.5 Å². The van der Waals surface area contributed by atoms with Crippen molar-refractivity contribution < 1.29 is 9.53 Å². The fourth-order valence-corrected chi connectivity index (χ4v) is 2.58. The smallest absolute Gasteiger partial charge is 0.256 e. The Morgan fingerprint density at radius 1 is 1.43 bits per heavy atom. The van der Waals surface area contributed by atoms with E-state index in [2.05, 4.69) is 34.9 Å². The maximum absolute atomic E-state index is 11.6. The van der Waals surface area contributed by atoms with Crippen molar-refractivity contribution in [3.05, 3.63) is 39.5 Å². The molecule has 1 heterocycles. The van der Waals surface area contributed by atoms with Crippen LogP contribution in [-0.4, -0.2) is 15.7 Å². The molecule has 0 unspecified atom stereocenters. The normalized spacial score (nSPS) is 11.0. The highest BCUT2D eigenvalue weighted by molar-refractivity contribution is 9.10. The first-order valence-electron chi connectivity index (χ1n) is 6.62. The van der Waals surface area contributed by atoms with Gasteiger partial charge in [0.05, 0.1) is 5.69 Å². The number of benzene rings is 1. The van der Waals surface area contributed by atoms with Crippen LogP contribution in [-0.2, 0) is 7.05 Å². The quantitative estimate of drug-likeness (QED) is 0.916. The molecular formula is C15H18BrN3O2. The minimum atomic E-state index is -0.543. The fourth-order valence-electron chi connectivity index (χ4n) is 2.21. The number of rotatable bonds is 4. The van der Waals surface area contributed by atoms with Crippen LogP contribution in [0.4, 0.5) is 0 Å². The molecule has 0 atom stereocenters. The molecule has 21 heavy (non-hydrogen) atoms. The Morgan fingerprint density at radius 2 is 2.10 bits per heavy atom. The van der Waals surface area contributed by atoms with E-state index in [4.69, 9.17) is 10.5 Å². The highest BCUT2D eigenvalue weighted by Gasteiger charge is 2.21. The SMILES string of the molecule is Cc1nn(C)c(Oc2ccc(Br)cc2C(C)C)c1C(N)=O. The number of aryl methyl sites for hydroxylation is 2. The van der Waals surface area contributed by atoms with Crippen LogP contribution in [0.25, 0.3) is 0 Å². The number of nitrogens with zero attached hydrogens (tertiary/aromatic N) is 2. The summed E-state index contributed by atoms with van der Waals surface area (Å²) in [6, 6.07) is 5.77. The summed E-state index contributed by atoms with van der Waals surface area (Å²) in [5, 5.41) is 4.20. The first-order chi connectivity index (χ1) is 9.81. The first kappa shape index (κ1) is 15.6. The predicted octanol–water partition coefficient (Wildman–Crippen LogP) is 3.51. The van der Waals surface area contributed by atoms with E-state index in [1.54, 1.807) is 14.0 Å². The van der Waals surface area contributed by atoms with Crippen LogP contribution < -0.4 is 10.5 Å². The van der Waals surface area contributed by atoms with Crippen molar-refractivity contribution in [2.24, 2.45) is 12.8 Å². The van der Waals surface area contributed by atoms with Crippen molar-refractivity contribution in [2.75, 3.05) is 0 Å². The van der Waals surface area contributed by atoms with Gasteiger partial charge in [-0.25, -0.2) is 4.68 Å². The second-order valence-electron chi connectivity index (χ2n) is 5.19. The van der Waals surface area contributed by atoms with Crippen molar-refractivity contribution in [3.63, 3.8) is 0 Å². The summed E-state index contributed by atoms with van der Waals surface area (Å²) in [5.74, 6) is 0.797. The molecule has 112 valence electrons. The molecule has 0 aliphatic carbocycles. The van der Waals surface area contributed by atoms with E-state index in [1.807, 2.05) is 18.2 Å². The Balaban J connectivity index is 2.51. The zero-order valence-corrected chi connectivity index (χ0v) is 14.1.